The lowest BCUT2D eigenvalue weighted by Crippen LogP contribution is -2.26. The maximum atomic E-state index is 11.0. The zero-order valence-electron chi connectivity index (χ0n) is 10.3. The third-order valence-electron chi connectivity index (χ3n) is 3.31. The Hall–Kier alpha value is -0.590. The van der Waals surface area contributed by atoms with E-state index in [2.05, 4.69) is 40.7 Å². The highest BCUT2D eigenvalue weighted by Crippen LogP contribution is 2.31. The summed E-state index contributed by atoms with van der Waals surface area (Å²) in [6.45, 7) is 10.6. The van der Waals surface area contributed by atoms with E-state index in [9.17, 15) is 4.79 Å². The molecule has 0 heterocycles. The van der Waals surface area contributed by atoms with E-state index < -0.39 is 0 Å². The average molecular weight is 196 g/mol. The Morgan fingerprint density at radius 3 is 2.36 bits per heavy atom. The Morgan fingerprint density at radius 1 is 1.43 bits per heavy atom. The molecule has 0 aliphatic heterocycles. The molecule has 0 fully saturated rings. The van der Waals surface area contributed by atoms with E-state index >= 15 is 0 Å². The summed E-state index contributed by atoms with van der Waals surface area (Å²) < 4.78 is 0. The van der Waals surface area contributed by atoms with E-state index in [1.165, 1.54) is 5.57 Å². The predicted molar refractivity (Wildman–Crippen MR) is 62.3 cm³/mol. The largest absolute Gasteiger partial charge is 0.303 e. The van der Waals surface area contributed by atoms with Crippen molar-refractivity contribution in [2.75, 3.05) is 0 Å². The van der Waals surface area contributed by atoms with E-state index in [0.717, 1.165) is 25.5 Å². The molecule has 0 radical (unpaired) electrons. The fraction of sp³-hybridized carbons (Fsp3) is 0.769. The second-order valence-electron chi connectivity index (χ2n) is 4.74. The van der Waals surface area contributed by atoms with Crippen LogP contribution in [0.4, 0.5) is 0 Å². The molecule has 82 valence electrons. The number of hydrogen-bond donors (Lipinski definition) is 0. The van der Waals surface area contributed by atoms with Gasteiger partial charge in [-0.25, -0.2) is 0 Å². The number of hydrogen-bond acceptors (Lipinski definition) is 1. The standard InChI is InChI=1S/C13H24O/c1-6-13(5,10-14)12(4)9-7-8-11(2)3/h8,10,12H,6-7,9H2,1-5H3. The fourth-order valence-electron chi connectivity index (χ4n) is 1.50. The molecule has 2 atom stereocenters. The minimum Gasteiger partial charge on any atom is -0.303 e. The molecule has 0 aromatic heterocycles. The van der Waals surface area contributed by atoms with Crippen LogP contribution in [-0.4, -0.2) is 6.29 Å². The van der Waals surface area contributed by atoms with Crippen molar-refractivity contribution in [3.63, 3.8) is 0 Å². The fourth-order valence-corrected chi connectivity index (χ4v) is 1.50. The molecule has 1 nitrogen and oxygen atoms in total. The number of carbonyl (C=O) groups excluding carboxylic acids is 1. The highest BCUT2D eigenvalue weighted by atomic mass is 16.1. The van der Waals surface area contributed by atoms with Gasteiger partial charge in [0.2, 0.25) is 0 Å². The zero-order chi connectivity index (χ0) is 11.2. The van der Waals surface area contributed by atoms with Crippen LogP contribution in [0, 0.1) is 11.3 Å². The lowest BCUT2D eigenvalue weighted by molar-refractivity contribution is -0.118. The van der Waals surface area contributed by atoms with Crippen molar-refractivity contribution in [2.24, 2.45) is 11.3 Å². The van der Waals surface area contributed by atoms with Gasteiger partial charge >= 0.3 is 0 Å². The van der Waals surface area contributed by atoms with Crippen molar-refractivity contribution >= 4 is 6.29 Å². The molecular formula is C13H24O. The molecule has 14 heavy (non-hydrogen) atoms. The predicted octanol–water partition coefficient (Wildman–Crippen LogP) is 3.98. The van der Waals surface area contributed by atoms with Gasteiger partial charge in [-0.2, -0.15) is 0 Å². The van der Waals surface area contributed by atoms with Crippen LogP contribution in [0.3, 0.4) is 0 Å². The Kier molecular flexibility index (Phi) is 5.75. The monoisotopic (exact) mass is 196 g/mol. The Bertz CT molecular complexity index is 201. The van der Waals surface area contributed by atoms with Crippen molar-refractivity contribution in [3.05, 3.63) is 11.6 Å². The van der Waals surface area contributed by atoms with Crippen molar-refractivity contribution in [1.82, 2.24) is 0 Å². The molecule has 0 aromatic rings. The number of rotatable bonds is 6. The molecule has 0 amide bonds. The first-order chi connectivity index (χ1) is 6.46. The molecule has 0 aromatic carbocycles. The van der Waals surface area contributed by atoms with E-state index in [1.807, 2.05) is 0 Å². The third kappa shape index (κ3) is 4.08. The Labute approximate surface area is 88.6 Å². The average Bonchev–Trinajstić information content (AvgIpc) is 2.15. The van der Waals surface area contributed by atoms with Gasteiger partial charge in [-0.1, -0.05) is 32.4 Å². The summed E-state index contributed by atoms with van der Waals surface area (Å²) in [6.07, 6.45) is 6.51. The molecular weight excluding hydrogens is 172 g/mol. The van der Waals surface area contributed by atoms with E-state index in [1.54, 1.807) is 0 Å². The first-order valence-electron chi connectivity index (χ1n) is 5.56. The second kappa shape index (κ2) is 6.00. The van der Waals surface area contributed by atoms with Gasteiger partial charge in [0.1, 0.15) is 6.29 Å². The topological polar surface area (TPSA) is 17.1 Å². The first-order valence-corrected chi connectivity index (χ1v) is 5.56. The van der Waals surface area contributed by atoms with Gasteiger partial charge in [-0.15, -0.1) is 0 Å². The van der Waals surface area contributed by atoms with Crippen LogP contribution < -0.4 is 0 Å². The van der Waals surface area contributed by atoms with Crippen LogP contribution in [0.25, 0.3) is 0 Å². The molecule has 0 aliphatic rings. The maximum absolute atomic E-state index is 11.0. The van der Waals surface area contributed by atoms with Gasteiger partial charge in [0.15, 0.2) is 0 Å². The lowest BCUT2D eigenvalue weighted by atomic mass is 9.75. The molecule has 0 bridgehead atoms. The molecule has 0 saturated heterocycles. The van der Waals surface area contributed by atoms with Crippen molar-refractivity contribution in [3.8, 4) is 0 Å². The van der Waals surface area contributed by atoms with Crippen molar-refractivity contribution < 1.29 is 4.79 Å². The summed E-state index contributed by atoms with van der Waals surface area (Å²) in [5, 5.41) is 0. The number of allylic oxidation sites excluding steroid dienone is 2. The molecule has 0 rings (SSSR count). The highest BCUT2D eigenvalue weighted by molar-refractivity contribution is 5.59. The number of carbonyl (C=O) groups is 1. The normalized spacial score (nSPS) is 16.9. The molecule has 2 unspecified atom stereocenters. The SMILES string of the molecule is CCC(C)(C=O)C(C)CCC=C(C)C. The van der Waals surface area contributed by atoms with Gasteiger partial charge in [-0.05, 0) is 39.0 Å². The van der Waals surface area contributed by atoms with Gasteiger partial charge in [0, 0.05) is 5.41 Å². The molecule has 0 saturated carbocycles. The number of aldehydes is 1. The van der Waals surface area contributed by atoms with Crippen LogP contribution in [-0.2, 0) is 4.79 Å². The smallest absolute Gasteiger partial charge is 0.126 e. The summed E-state index contributed by atoms with van der Waals surface area (Å²) in [6, 6.07) is 0. The quantitative estimate of drug-likeness (QED) is 0.464. The minimum atomic E-state index is -0.129. The van der Waals surface area contributed by atoms with Crippen LogP contribution in [0.5, 0.6) is 0 Å². The maximum Gasteiger partial charge on any atom is 0.126 e. The zero-order valence-corrected chi connectivity index (χ0v) is 10.3. The van der Waals surface area contributed by atoms with Crippen molar-refractivity contribution in [2.45, 2.75) is 53.9 Å². The van der Waals surface area contributed by atoms with Gasteiger partial charge < -0.3 is 4.79 Å². The summed E-state index contributed by atoms with van der Waals surface area (Å²) in [5.41, 5.74) is 1.23. The Morgan fingerprint density at radius 2 is 2.00 bits per heavy atom. The Balaban J connectivity index is 4.12. The summed E-state index contributed by atoms with van der Waals surface area (Å²) in [4.78, 5) is 11.0. The van der Waals surface area contributed by atoms with Crippen LogP contribution in [0.1, 0.15) is 53.9 Å². The third-order valence-corrected chi connectivity index (χ3v) is 3.31. The van der Waals surface area contributed by atoms with Crippen LogP contribution >= 0.6 is 0 Å². The summed E-state index contributed by atoms with van der Waals surface area (Å²) in [7, 11) is 0. The second-order valence-corrected chi connectivity index (χ2v) is 4.74. The van der Waals surface area contributed by atoms with Gasteiger partial charge in [0.25, 0.3) is 0 Å². The molecule has 0 N–H and O–H groups in total. The van der Waals surface area contributed by atoms with E-state index in [-0.39, 0.29) is 5.41 Å². The van der Waals surface area contributed by atoms with Crippen LogP contribution in [0.15, 0.2) is 11.6 Å². The van der Waals surface area contributed by atoms with Crippen LogP contribution in [0.2, 0.25) is 0 Å². The highest BCUT2D eigenvalue weighted by Gasteiger charge is 2.27. The summed E-state index contributed by atoms with van der Waals surface area (Å²) >= 11 is 0. The van der Waals surface area contributed by atoms with E-state index in [0.29, 0.717) is 5.92 Å². The van der Waals surface area contributed by atoms with Crippen molar-refractivity contribution in [1.29, 1.82) is 0 Å². The van der Waals surface area contributed by atoms with E-state index in [4.69, 9.17) is 0 Å². The molecule has 0 aliphatic carbocycles. The minimum absolute atomic E-state index is 0.129. The molecule has 0 spiro atoms. The first kappa shape index (κ1) is 13.4. The molecule has 1 heteroatoms. The van der Waals surface area contributed by atoms with Gasteiger partial charge in [0.05, 0.1) is 0 Å². The summed E-state index contributed by atoms with van der Waals surface area (Å²) in [5.74, 6) is 0.473. The lowest BCUT2D eigenvalue weighted by Gasteiger charge is -2.28. The van der Waals surface area contributed by atoms with Gasteiger partial charge in [-0.3, -0.25) is 0 Å².